The van der Waals surface area contributed by atoms with Gasteiger partial charge in [-0.25, -0.2) is 8.42 Å². The summed E-state index contributed by atoms with van der Waals surface area (Å²) < 4.78 is 40.2. The average molecular weight is 664 g/mol. The maximum atomic E-state index is 14.5. The van der Waals surface area contributed by atoms with Gasteiger partial charge in [0, 0.05) is 30.6 Å². The van der Waals surface area contributed by atoms with Crippen molar-refractivity contribution in [2.24, 2.45) is 0 Å². The molecule has 0 saturated carbocycles. The second-order valence-corrected chi connectivity index (χ2v) is 12.8. The number of rotatable bonds is 15. The van der Waals surface area contributed by atoms with Gasteiger partial charge in [0.25, 0.3) is 10.0 Å². The van der Waals surface area contributed by atoms with Crippen LogP contribution in [0.5, 0.6) is 11.5 Å². The van der Waals surface area contributed by atoms with Gasteiger partial charge in [0.15, 0.2) is 11.5 Å². The first kappa shape index (κ1) is 34.3. The molecule has 0 aromatic heterocycles. The molecule has 46 heavy (non-hydrogen) atoms. The van der Waals surface area contributed by atoms with Crippen LogP contribution in [0.15, 0.2) is 108 Å². The summed E-state index contributed by atoms with van der Waals surface area (Å²) in [4.78, 5) is 29.6. The van der Waals surface area contributed by atoms with Crippen molar-refractivity contribution in [2.75, 3.05) is 31.6 Å². The molecule has 0 aliphatic heterocycles. The quantitative estimate of drug-likeness (QED) is 0.175. The van der Waals surface area contributed by atoms with Gasteiger partial charge in [-0.05, 0) is 53.9 Å². The Morgan fingerprint density at radius 1 is 0.826 bits per heavy atom. The number of halogens is 1. The highest BCUT2D eigenvalue weighted by Crippen LogP contribution is 2.32. The molecular weight excluding hydrogens is 626 g/mol. The van der Waals surface area contributed by atoms with E-state index in [4.69, 9.17) is 21.1 Å². The minimum atomic E-state index is -4.31. The Hall–Kier alpha value is -4.54. The van der Waals surface area contributed by atoms with Gasteiger partial charge >= 0.3 is 0 Å². The van der Waals surface area contributed by atoms with Crippen molar-refractivity contribution in [3.63, 3.8) is 0 Å². The Morgan fingerprint density at radius 2 is 1.46 bits per heavy atom. The number of ether oxygens (including phenoxy) is 2. The van der Waals surface area contributed by atoms with Gasteiger partial charge in [-0.1, -0.05) is 79.2 Å². The summed E-state index contributed by atoms with van der Waals surface area (Å²) in [6, 6.07) is 28.1. The van der Waals surface area contributed by atoms with Gasteiger partial charge in [0.1, 0.15) is 12.6 Å². The molecule has 0 spiro atoms. The van der Waals surface area contributed by atoms with E-state index in [9.17, 15) is 18.0 Å². The van der Waals surface area contributed by atoms with Crippen LogP contribution < -0.4 is 19.1 Å². The van der Waals surface area contributed by atoms with Crippen molar-refractivity contribution >= 4 is 39.1 Å². The number of methoxy groups -OCH3 is 2. The smallest absolute Gasteiger partial charge is 0.264 e. The SMILES string of the molecule is CCCNC(=O)C(Cc1ccccc1)N(Cc1ccc(Cl)cc1)C(=O)CN(c1ccccc1)S(=O)(=O)c1ccc(OC)c(OC)c1. The number of anilines is 1. The first-order chi connectivity index (χ1) is 22.2. The fourth-order valence-electron chi connectivity index (χ4n) is 4.93. The molecule has 242 valence electrons. The fraction of sp³-hybridized carbons (Fsp3) is 0.257. The highest BCUT2D eigenvalue weighted by molar-refractivity contribution is 7.92. The molecule has 4 rings (SSSR count). The normalized spacial score (nSPS) is 11.7. The van der Waals surface area contributed by atoms with E-state index in [1.165, 1.54) is 37.3 Å². The van der Waals surface area contributed by atoms with Crippen LogP contribution >= 0.6 is 11.6 Å². The molecule has 11 heteroatoms. The van der Waals surface area contributed by atoms with E-state index in [0.717, 1.165) is 15.4 Å². The summed E-state index contributed by atoms with van der Waals surface area (Å²) in [6.07, 6.45) is 0.934. The molecule has 0 heterocycles. The average Bonchev–Trinajstić information content (AvgIpc) is 3.08. The molecule has 0 saturated heterocycles. The minimum Gasteiger partial charge on any atom is -0.493 e. The zero-order chi connectivity index (χ0) is 33.1. The zero-order valence-corrected chi connectivity index (χ0v) is 27.6. The van der Waals surface area contributed by atoms with Crippen LogP contribution in [0.4, 0.5) is 5.69 Å². The third-order valence-electron chi connectivity index (χ3n) is 7.35. The van der Waals surface area contributed by atoms with Crippen molar-refractivity contribution in [2.45, 2.75) is 37.2 Å². The summed E-state index contributed by atoms with van der Waals surface area (Å²) in [5.74, 6) is -0.306. The topological polar surface area (TPSA) is 105 Å². The number of nitrogens with zero attached hydrogens (tertiary/aromatic N) is 2. The maximum absolute atomic E-state index is 14.5. The molecule has 4 aromatic carbocycles. The lowest BCUT2D eigenvalue weighted by Gasteiger charge is -2.34. The highest BCUT2D eigenvalue weighted by atomic mass is 35.5. The monoisotopic (exact) mass is 663 g/mol. The van der Waals surface area contributed by atoms with E-state index in [1.54, 1.807) is 54.6 Å². The Kier molecular flexibility index (Phi) is 12.1. The van der Waals surface area contributed by atoms with E-state index in [1.807, 2.05) is 37.3 Å². The Balaban J connectivity index is 1.79. The Bertz CT molecular complexity index is 1700. The largest absolute Gasteiger partial charge is 0.493 e. The summed E-state index contributed by atoms with van der Waals surface area (Å²) in [6.45, 7) is 1.85. The molecule has 9 nitrogen and oxygen atoms in total. The number of benzene rings is 4. The number of carbonyl (C=O) groups is 2. The molecule has 4 aromatic rings. The molecule has 1 unspecified atom stereocenters. The van der Waals surface area contributed by atoms with Gasteiger partial charge in [-0.15, -0.1) is 0 Å². The lowest BCUT2D eigenvalue weighted by Crippen LogP contribution is -2.53. The number of hydrogen-bond donors (Lipinski definition) is 1. The molecule has 0 radical (unpaired) electrons. The predicted octanol–water partition coefficient (Wildman–Crippen LogP) is 5.72. The van der Waals surface area contributed by atoms with Gasteiger partial charge in [-0.3, -0.25) is 13.9 Å². The molecular formula is C35H38ClN3O6S. The van der Waals surface area contributed by atoms with Crippen molar-refractivity contribution < 1.29 is 27.5 Å². The fourth-order valence-corrected chi connectivity index (χ4v) is 6.49. The van der Waals surface area contributed by atoms with Crippen LogP contribution in [0.3, 0.4) is 0 Å². The summed E-state index contributed by atoms with van der Waals surface area (Å²) in [5, 5.41) is 3.46. The van der Waals surface area contributed by atoms with E-state index >= 15 is 0 Å². The zero-order valence-electron chi connectivity index (χ0n) is 26.1. The first-order valence-electron chi connectivity index (χ1n) is 14.8. The van der Waals surface area contributed by atoms with Gasteiger partial charge in [-0.2, -0.15) is 0 Å². The number of carbonyl (C=O) groups excluding carboxylic acids is 2. The number of para-hydroxylation sites is 1. The van der Waals surface area contributed by atoms with E-state index in [0.29, 0.717) is 23.7 Å². The Labute approximate surface area is 275 Å². The minimum absolute atomic E-state index is 0.0477. The third kappa shape index (κ3) is 8.58. The first-order valence-corrected chi connectivity index (χ1v) is 16.6. The van der Waals surface area contributed by atoms with Crippen LogP contribution in [0.25, 0.3) is 0 Å². The standard InChI is InChI=1S/C35H38ClN3O6S/c1-4-21-37-35(41)31(22-26-11-7-5-8-12-26)38(24-27-15-17-28(36)18-16-27)34(40)25-39(29-13-9-6-10-14-29)46(42,43)30-19-20-32(44-2)33(23-30)45-3/h5-20,23,31H,4,21-22,24-25H2,1-3H3,(H,37,41). The van der Waals surface area contributed by atoms with Gasteiger partial charge in [0.05, 0.1) is 24.8 Å². The summed E-state index contributed by atoms with van der Waals surface area (Å²) in [7, 11) is -1.43. The van der Waals surface area contributed by atoms with Crippen LogP contribution in [0.2, 0.25) is 5.02 Å². The van der Waals surface area contributed by atoms with Crippen molar-refractivity contribution in [1.82, 2.24) is 10.2 Å². The van der Waals surface area contributed by atoms with Crippen LogP contribution in [-0.2, 0) is 32.6 Å². The predicted molar refractivity (Wildman–Crippen MR) is 180 cm³/mol. The van der Waals surface area contributed by atoms with Crippen LogP contribution in [-0.4, -0.2) is 58.5 Å². The van der Waals surface area contributed by atoms with E-state index in [2.05, 4.69) is 5.32 Å². The molecule has 2 amide bonds. The molecule has 0 aliphatic rings. The van der Waals surface area contributed by atoms with Crippen LogP contribution in [0.1, 0.15) is 24.5 Å². The number of amides is 2. The molecule has 1 atom stereocenters. The lowest BCUT2D eigenvalue weighted by molar-refractivity contribution is -0.140. The lowest BCUT2D eigenvalue weighted by atomic mass is 10.0. The molecule has 0 bridgehead atoms. The molecule has 1 N–H and O–H groups in total. The maximum Gasteiger partial charge on any atom is 0.264 e. The number of sulfonamides is 1. The number of nitrogens with one attached hydrogen (secondary N) is 1. The summed E-state index contributed by atoms with van der Waals surface area (Å²) in [5.41, 5.74) is 1.87. The second kappa shape index (κ2) is 16.1. The van der Waals surface area contributed by atoms with E-state index in [-0.39, 0.29) is 35.2 Å². The summed E-state index contributed by atoms with van der Waals surface area (Å²) >= 11 is 6.14. The van der Waals surface area contributed by atoms with E-state index < -0.39 is 28.5 Å². The van der Waals surface area contributed by atoms with Gasteiger partial charge < -0.3 is 19.7 Å². The van der Waals surface area contributed by atoms with Crippen LogP contribution in [0, 0.1) is 0 Å². The highest BCUT2D eigenvalue weighted by Gasteiger charge is 2.35. The number of hydrogen-bond acceptors (Lipinski definition) is 6. The molecule has 0 fully saturated rings. The second-order valence-electron chi connectivity index (χ2n) is 10.5. The van der Waals surface area contributed by atoms with Gasteiger partial charge in [0.2, 0.25) is 11.8 Å². The van der Waals surface area contributed by atoms with Crippen molar-refractivity contribution in [1.29, 1.82) is 0 Å². The third-order valence-corrected chi connectivity index (χ3v) is 9.37. The molecule has 0 aliphatic carbocycles. The Morgan fingerprint density at radius 3 is 2.07 bits per heavy atom. The van der Waals surface area contributed by atoms with Crippen molar-refractivity contribution in [3.8, 4) is 11.5 Å². The van der Waals surface area contributed by atoms with Crippen molar-refractivity contribution in [3.05, 3.63) is 119 Å².